The molecule has 7 nitrogen and oxygen atoms in total. The first-order valence-electron chi connectivity index (χ1n) is 10.4. The Morgan fingerprint density at radius 3 is 2.53 bits per heavy atom. The van der Waals surface area contributed by atoms with E-state index in [0.29, 0.717) is 44.8 Å². The Morgan fingerprint density at radius 2 is 1.79 bits per heavy atom. The van der Waals surface area contributed by atoms with Crippen LogP contribution in [-0.2, 0) is 11.3 Å². The zero-order valence-corrected chi connectivity index (χ0v) is 20.2. The number of halogens is 1. The standard InChI is InChI=1S/C25H22ClN3O4S/c1-32-21-11-9-18(13-22(21)33-2)27-23(30)15-34-25-28-20-12-17(26)8-10-19(20)24(31)29(25)14-16-6-4-3-5-7-16/h3-13H,14-15H2,1-2H3,(H,27,30). The molecule has 1 aromatic heterocycles. The first kappa shape index (κ1) is 23.7. The molecule has 1 N–H and O–H groups in total. The highest BCUT2D eigenvalue weighted by Crippen LogP contribution is 2.30. The maximum absolute atomic E-state index is 13.3. The second kappa shape index (κ2) is 10.6. The maximum atomic E-state index is 13.3. The number of anilines is 1. The number of methoxy groups -OCH3 is 2. The minimum atomic E-state index is -0.246. The summed E-state index contributed by atoms with van der Waals surface area (Å²) < 4.78 is 12.1. The molecule has 0 bridgehead atoms. The smallest absolute Gasteiger partial charge is 0.262 e. The van der Waals surface area contributed by atoms with Crippen molar-refractivity contribution in [2.24, 2.45) is 0 Å². The zero-order chi connectivity index (χ0) is 24.1. The van der Waals surface area contributed by atoms with Crippen LogP contribution in [0, 0.1) is 0 Å². The van der Waals surface area contributed by atoms with Crippen LogP contribution < -0.4 is 20.3 Å². The van der Waals surface area contributed by atoms with Crippen molar-refractivity contribution in [3.8, 4) is 11.5 Å². The van der Waals surface area contributed by atoms with Gasteiger partial charge < -0.3 is 14.8 Å². The topological polar surface area (TPSA) is 82.5 Å². The number of nitrogens with one attached hydrogen (secondary N) is 1. The molecular weight excluding hydrogens is 474 g/mol. The van der Waals surface area contributed by atoms with Crippen molar-refractivity contribution < 1.29 is 14.3 Å². The molecule has 0 aliphatic carbocycles. The van der Waals surface area contributed by atoms with Gasteiger partial charge in [0.1, 0.15) is 0 Å². The van der Waals surface area contributed by atoms with Crippen LogP contribution in [-0.4, -0.2) is 35.4 Å². The van der Waals surface area contributed by atoms with Crippen LogP contribution >= 0.6 is 23.4 Å². The summed E-state index contributed by atoms with van der Waals surface area (Å²) >= 11 is 7.30. The number of carbonyl (C=O) groups is 1. The van der Waals surface area contributed by atoms with E-state index in [1.54, 1.807) is 48.1 Å². The van der Waals surface area contributed by atoms with Crippen molar-refractivity contribution in [2.45, 2.75) is 11.7 Å². The SMILES string of the molecule is COc1ccc(NC(=O)CSc2nc3cc(Cl)ccc3c(=O)n2Cc2ccccc2)cc1OC. The van der Waals surface area contributed by atoms with E-state index in [0.717, 1.165) is 5.56 Å². The van der Waals surface area contributed by atoms with Gasteiger partial charge in [-0.1, -0.05) is 53.7 Å². The average Bonchev–Trinajstić information content (AvgIpc) is 2.85. The number of carbonyl (C=O) groups excluding carboxylic acids is 1. The minimum absolute atomic E-state index is 0.0572. The number of ether oxygens (including phenoxy) is 2. The van der Waals surface area contributed by atoms with Crippen LogP contribution in [0.3, 0.4) is 0 Å². The lowest BCUT2D eigenvalue weighted by Gasteiger charge is -2.14. The maximum Gasteiger partial charge on any atom is 0.262 e. The Labute approximate surface area is 205 Å². The Bertz CT molecular complexity index is 1390. The number of hydrogen-bond acceptors (Lipinski definition) is 6. The number of thioether (sulfide) groups is 1. The number of amides is 1. The summed E-state index contributed by atoms with van der Waals surface area (Å²) in [7, 11) is 3.08. The second-order valence-electron chi connectivity index (χ2n) is 7.34. The first-order chi connectivity index (χ1) is 16.5. The van der Waals surface area contributed by atoms with Gasteiger partial charge in [0.25, 0.3) is 5.56 Å². The Hall–Kier alpha value is -3.49. The van der Waals surface area contributed by atoms with Crippen LogP contribution in [0.1, 0.15) is 5.56 Å². The number of benzene rings is 3. The normalized spacial score (nSPS) is 10.8. The summed E-state index contributed by atoms with van der Waals surface area (Å²) in [6.07, 6.45) is 0. The molecule has 1 heterocycles. The van der Waals surface area contributed by atoms with E-state index in [1.807, 2.05) is 30.3 Å². The molecule has 0 fully saturated rings. The van der Waals surface area contributed by atoms with Crippen molar-refractivity contribution in [1.82, 2.24) is 9.55 Å². The molecule has 34 heavy (non-hydrogen) atoms. The largest absolute Gasteiger partial charge is 0.493 e. The molecular formula is C25H22ClN3O4S. The summed E-state index contributed by atoms with van der Waals surface area (Å²) in [5.41, 5.74) is 1.83. The Balaban J connectivity index is 1.59. The molecule has 0 saturated carbocycles. The van der Waals surface area contributed by atoms with Crippen LogP contribution in [0.25, 0.3) is 10.9 Å². The summed E-state index contributed by atoms with van der Waals surface area (Å²) in [6.45, 7) is 0.338. The molecule has 0 aliphatic heterocycles. The molecule has 4 rings (SSSR count). The fourth-order valence-corrected chi connectivity index (χ4v) is 4.40. The van der Waals surface area contributed by atoms with Crippen molar-refractivity contribution in [1.29, 1.82) is 0 Å². The average molecular weight is 496 g/mol. The van der Waals surface area contributed by atoms with Gasteiger partial charge >= 0.3 is 0 Å². The number of rotatable bonds is 8. The molecule has 0 aliphatic rings. The predicted molar refractivity (Wildman–Crippen MR) is 135 cm³/mol. The quantitative estimate of drug-likeness (QED) is 0.278. The molecule has 0 radical (unpaired) electrons. The highest BCUT2D eigenvalue weighted by atomic mass is 35.5. The summed E-state index contributed by atoms with van der Waals surface area (Å²) in [5, 5.41) is 4.23. The lowest BCUT2D eigenvalue weighted by atomic mass is 10.2. The lowest BCUT2D eigenvalue weighted by molar-refractivity contribution is -0.113. The highest BCUT2D eigenvalue weighted by Gasteiger charge is 2.15. The van der Waals surface area contributed by atoms with Gasteiger partial charge in [-0.05, 0) is 35.9 Å². The van der Waals surface area contributed by atoms with Crippen LogP contribution in [0.15, 0.2) is 76.7 Å². The van der Waals surface area contributed by atoms with Gasteiger partial charge in [0.2, 0.25) is 5.91 Å². The first-order valence-corrected chi connectivity index (χ1v) is 11.7. The Kier molecular flexibility index (Phi) is 7.40. The molecule has 3 aromatic carbocycles. The number of hydrogen-bond donors (Lipinski definition) is 1. The van der Waals surface area contributed by atoms with E-state index in [-0.39, 0.29) is 17.2 Å². The number of fused-ring (bicyclic) bond motifs is 1. The Morgan fingerprint density at radius 1 is 1.03 bits per heavy atom. The van der Waals surface area contributed by atoms with Gasteiger partial charge in [0.15, 0.2) is 16.7 Å². The second-order valence-corrected chi connectivity index (χ2v) is 8.72. The van der Waals surface area contributed by atoms with Gasteiger partial charge in [-0.3, -0.25) is 14.2 Å². The van der Waals surface area contributed by atoms with Crippen LogP contribution in [0.5, 0.6) is 11.5 Å². The van der Waals surface area contributed by atoms with Crippen LogP contribution in [0.2, 0.25) is 5.02 Å². The van der Waals surface area contributed by atoms with Crippen molar-refractivity contribution in [3.63, 3.8) is 0 Å². The molecule has 9 heteroatoms. The van der Waals surface area contributed by atoms with Gasteiger partial charge in [-0.25, -0.2) is 4.98 Å². The lowest BCUT2D eigenvalue weighted by Crippen LogP contribution is -2.25. The predicted octanol–water partition coefficient (Wildman–Crippen LogP) is 4.85. The number of aromatic nitrogens is 2. The van der Waals surface area contributed by atoms with Gasteiger partial charge in [0.05, 0.1) is 37.4 Å². The van der Waals surface area contributed by atoms with E-state index >= 15 is 0 Å². The van der Waals surface area contributed by atoms with Crippen molar-refractivity contribution >= 4 is 45.9 Å². The third kappa shape index (κ3) is 5.35. The molecule has 0 saturated heterocycles. The van der Waals surface area contributed by atoms with Gasteiger partial charge in [-0.15, -0.1) is 0 Å². The molecule has 1 amide bonds. The molecule has 4 aromatic rings. The molecule has 174 valence electrons. The third-order valence-corrected chi connectivity index (χ3v) is 6.28. The zero-order valence-electron chi connectivity index (χ0n) is 18.6. The number of nitrogens with zero attached hydrogens (tertiary/aromatic N) is 2. The monoisotopic (exact) mass is 495 g/mol. The van der Waals surface area contributed by atoms with Gasteiger partial charge in [-0.2, -0.15) is 0 Å². The fraction of sp³-hybridized carbons (Fsp3) is 0.160. The minimum Gasteiger partial charge on any atom is -0.493 e. The molecule has 0 spiro atoms. The van der Waals surface area contributed by atoms with E-state index in [9.17, 15) is 9.59 Å². The van der Waals surface area contributed by atoms with E-state index < -0.39 is 0 Å². The summed E-state index contributed by atoms with van der Waals surface area (Å²) in [4.78, 5) is 30.6. The van der Waals surface area contributed by atoms with E-state index in [4.69, 9.17) is 21.1 Å². The van der Waals surface area contributed by atoms with Crippen molar-refractivity contribution in [3.05, 3.63) is 87.7 Å². The van der Waals surface area contributed by atoms with E-state index in [1.165, 1.54) is 18.9 Å². The van der Waals surface area contributed by atoms with Gasteiger partial charge in [0, 0.05) is 16.8 Å². The van der Waals surface area contributed by atoms with Crippen LogP contribution in [0.4, 0.5) is 5.69 Å². The summed E-state index contributed by atoms with van der Waals surface area (Å²) in [5.74, 6) is 0.891. The molecule has 0 atom stereocenters. The fourth-order valence-electron chi connectivity index (χ4n) is 3.43. The van der Waals surface area contributed by atoms with Crippen molar-refractivity contribution in [2.75, 3.05) is 25.3 Å². The summed E-state index contributed by atoms with van der Waals surface area (Å²) in [6, 6.07) is 19.8. The highest BCUT2D eigenvalue weighted by molar-refractivity contribution is 7.99. The van der Waals surface area contributed by atoms with E-state index in [2.05, 4.69) is 10.3 Å². The molecule has 0 unspecified atom stereocenters. The third-order valence-electron chi connectivity index (χ3n) is 5.07.